The molecule has 0 radical (unpaired) electrons. The molecule has 30 heavy (non-hydrogen) atoms. The third-order valence-corrected chi connectivity index (χ3v) is 5.62. The van der Waals surface area contributed by atoms with Gasteiger partial charge >= 0.3 is 0 Å². The molecule has 4 aromatic rings. The first-order valence-electron chi connectivity index (χ1n) is 8.18. The van der Waals surface area contributed by atoms with Crippen LogP contribution in [0.2, 0.25) is 0 Å². The monoisotopic (exact) mass is 450 g/mol. The lowest BCUT2D eigenvalue weighted by molar-refractivity contribution is 0.0946. The van der Waals surface area contributed by atoms with Crippen molar-refractivity contribution in [3.05, 3.63) is 69.9 Å². The van der Waals surface area contributed by atoms with E-state index in [0.29, 0.717) is 22.1 Å². The first kappa shape index (κ1) is 19.8. The Bertz CT molecular complexity index is 1220. The van der Waals surface area contributed by atoms with E-state index in [9.17, 15) is 22.8 Å². The van der Waals surface area contributed by atoms with Crippen LogP contribution in [0.25, 0.3) is 9.88 Å². The molecule has 8 nitrogen and oxygen atoms in total. The number of rotatable bonds is 6. The molecule has 0 saturated carbocycles. The molecular formula is C17H9F3N6O2S2. The molecule has 13 heteroatoms. The molecule has 0 unspecified atom stereocenters. The third kappa shape index (κ3) is 3.97. The first-order chi connectivity index (χ1) is 14.4. The predicted octanol–water partition coefficient (Wildman–Crippen LogP) is 2.96. The lowest BCUT2D eigenvalue weighted by atomic mass is 10.0. The fourth-order valence-electron chi connectivity index (χ4n) is 2.50. The Balaban J connectivity index is 1.44. The zero-order valence-electron chi connectivity index (χ0n) is 14.6. The van der Waals surface area contributed by atoms with E-state index in [1.165, 1.54) is 22.9 Å². The minimum Gasteiger partial charge on any atom is -0.356 e. The summed E-state index contributed by atoms with van der Waals surface area (Å²) in [7, 11) is 0. The Kier molecular flexibility index (Phi) is 5.37. The number of hydrogen-bond donors (Lipinski definition) is 2. The Morgan fingerprint density at radius 3 is 2.57 bits per heavy atom. The summed E-state index contributed by atoms with van der Waals surface area (Å²) in [5, 5.41) is 15.4. The Morgan fingerprint density at radius 1 is 1.10 bits per heavy atom. The molecule has 152 valence electrons. The maximum Gasteiger partial charge on any atom is 0.268 e. The number of aromatic amines is 1. The van der Waals surface area contributed by atoms with Crippen molar-refractivity contribution in [2.24, 2.45) is 0 Å². The van der Waals surface area contributed by atoms with Crippen LogP contribution in [0.4, 0.5) is 13.2 Å². The highest BCUT2D eigenvalue weighted by molar-refractivity contribution is 7.19. The van der Waals surface area contributed by atoms with Gasteiger partial charge in [0.1, 0.15) is 33.0 Å². The van der Waals surface area contributed by atoms with Crippen LogP contribution in [-0.2, 0) is 6.54 Å². The van der Waals surface area contributed by atoms with Gasteiger partial charge in [-0.2, -0.15) is 0 Å². The molecule has 0 aliphatic heterocycles. The van der Waals surface area contributed by atoms with E-state index >= 15 is 0 Å². The Labute approximate surface area is 174 Å². The van der Waals surface area contributed by atoms with Gasteiger partial charge in [-0.05, 0) is 17.6 Å². The topological polar surface area (TPSA) is 114 Å². The van der Waals surface area contributed by atoms with Gasteiger partial charge in [-0.15, -0.1) is 15.3 Å². The Hall–Kier alpha value is -3.45. The molecule has 1 amide bonds. The smallest absolute Gasteiger partial charge is 0.268 e. The number of nitrogens with one attached hydrogen (secondary N) is 2. The fraction of sp³-hybridized carbons (Fsp3) is 0.0588. The van der Waals surface area contributed by atoms with Crippen LogP contribution in [0.15, 0.2) is 30.6 Å². The fourth-order valence-corrected chi connectivity index (χ4v) is 3.81. The minimum absolute atomic E-state index is 0.00215. The van der Waals surface area contributed by atoms with Gasteiger partial charge in [0, 0.05) is 23.9 Å². The van der Waals surface area contributed by atoms with Crippen molar-refractivity contribution in [2.45, 2.75) is 6.54 Å². The third-order valence-electron chi connectivity index (χ3n) is 3.86. The average molecular weight is 450 g/mol. The Morgan fingerprint density at radius 2 is 1.87 bits per heavy atom. The van der Waals surface area contributed by atoms with Crippen LogP contribution in [-0.4, -0.2) is 36.5 Å². The number of benzene rings is 1. The highest BCUT2D eigenvalue weighted by atomic mass is 32.1. The van der Waals surface area contributed by atoms with E-state index < -0.39 is 34.7 Å². The van der Waals surface area contributed by atoms with E-state index in [2.05, 4.69) is 30.1 Å². The second-order valence-electron chi connectivity index (χ2n) is 5.84. The summed E-state index contributed by atoms with van der Waals surface area (Å²) >= 11 is 2.42. The molecule has 2 N–H and O–H groups in total. The van der Waals surface area contributed by atoms with Gasteiger partial charge in [-0.1, -0.05) is 15.8 Å². The standard InChI is InChI=1S/C17H9F3N6O2S2/c18-8-2-9(19)14(10(20)3-8)15(27)7-1-11(21-4-7)16(28)22-6-13-24-25-17(29-13)12-5-23-26-30-12/h1-5,21H,6H2,(H,22,28). The second kappa shape index (κ2) is 8.12. The number of nitrogens with zero attached hydrogens (tertiary/aromatic N) is 4. The summed E-state index contributed by atoms with van der Waals surface area (Å²) in [5.41, 5.74) is -1.06. The maximum absolute atomic E-state index is 13.8. The van der Waals surface area contributed by atoms with Crippen molar-refractivity contribution in [3.63, 3.8) is 0 Å². The van der Waals surface area contributed by atoms with Crippen LogP contribution in [0, 0.1) is 17.5 Å². The molecule has 0 spiro atoms. The summed E-state index contributed by atoms with van der Waals surface area (Å²) in [5.74, 6) is -5.37. The van der Waals surface area contributed by atoms with Crippen molar-refractivity contribution in [3.8, 4) is 9.88 Å². The molecule has 0 aliphatic carbocycles. The van der Waals surface area contributed by atoms with Gasteiger partial charge in [0.15, 0.2) is 10.8 Å². The van der Waals surface area contributed by atoms with E-state index in [1.807, 2.05) is 0 Å². The predicted molar refractivity (Wildman–Crippen MR) is 101 cm³/mol. The van der Waals surface area contributed by atoms with Gasteiger partial charge in [0.2, 0.25) is 0 Å². The van der Waals surface area contributed by atoms with Crippen molar-refractivity contribution >= 4 is 34.6 Å². The molecule has 0 bridgehead atoms. The second-order valence-corrected chi connectivity index (χ2v) is 7.69. The SMILES string of the molecule is O=C(NCc1nnc(-c2cnns2)s1)c1cc(C(=O)c2c(F)cc(F)cc2F)c[nH]1. The van der Waals surface area contributed by atoms with Gasteiger partial charge in [-0.25, -0.2) is 13.2 Å². The molecule has 3 aromatic heterocycles. The summed E-state index contributed by atoms with van der Waals surface area (Å²) in [4.78, 5) is 28.0. The van der Waals surface area contributed by atoms with Crippen molar-refractivity contribution < 1.29 is 22.8 Å². The number of ketones is 1. The molecule has 0 fully saturated rings. The molecule has 0 saturated heterocycles. The lowest BCUT2D eigenvalue weighted by Gasteiger charge is -2.03. The largest absolute Gasteiger partial charge is 0.356 e. The number of halogens is 3. The van der Waals surface area contributed by atoms with Crippen molar-refractivity contribution in [1.82, 2.24) is 30.1 Å². The van der Waals surface area contributed by atoms with Crippen LogP contribution in [0.1, 0.15) is 31.4 Å². The van der Waals surface area contributed by atoms with E-state index in [-0.39, 0.29) is 17.8 Å². The average Bonchev–Trinajstić information content (AvgIpc) is 3.46. The van der Waals surface area contributed by atoms with Crippen LogP contribution in [0.3, 0.4) is 0 Å². The molecule has 0 aliphatic rings. The van der Waals surface area contributed by atoms with Gasteiger partial charge in [0.25, 0.3) is 5.91 Å². The number of hydrogen-bond acceptors (Lipinski definition) is 8. The molecule has 1 aromatic carbocycles. The zero-order chi connectivity index (χ0) is 21.3. The highest BCUT2D eigenvalue weighted by Crippen LogP contribution is 2.25. The quantitative estimate of drug-likeness (QED) is 0.437. The summed E-state index contributed by atoms with van der Waals surface area (Å²) in [6.07, 6.45) is 2.69. The van der Waals surface area contributed by atoms with Crippen molar-refractivity contribution in [1.29, 1.82) is 0 Å². The molecule has 3 heterocycles. The summed E-state index contributed by atoms with van der Waals surface area (Å²) < 4.78 is 44.4. The van der Waals surface area contributed by atoms with E-state index in [4.69, 9.17) is 0 Å². The van der Waals surface area contributed by atoms with Crippen molar-refractivity contribution in [2.75, 3.05) is 0 Å². The summed E-state index contributed by atoms with van der Waals surface area (Å²) in [6.45, 7) is 0.0756. The number of carbonyl (C=O) groups excluding carboxylic acids is 2. The minimum atomic E-state index is -1.33. The molecular weight excluding hydrogens is 441 g/mol. The number of amides is 1. The first-order valence-corrected chi connectivity index (χ1v) is 9.77. The van der Waals surface area contributed by atoms with Gasteiger partial charge in [0.05, 0.1) is 18.3 Å². The van der Waals surface area contributed by atoms with E-state index in [1.54, 1.807) is 6.20 Å². The van der Waals surface area contributed by atoms with Gasteiger partial charge in [-0.3, -0.25) is 9.59 Å². The number of carbonyl (C=O) groups is 2. The maximum atomic E-state index is 13.8. The lowest BCUT2D eigenvalue weighted by Crippen LogP contribution is -2.23. The van der Waals surface area contributed by atoms with Crippen LogP contribution < -0.4 is 5.32 Å². The molecule has 4 rings (SSSR count). The number of aromatic nitrogens is 5. The zero-order valence-corrected chi connectivity index (χ0v) is 16.3. The highest BCUT2D eigenvalue weighted by Gasteiger charge is 2.22. The molecule has 0 atom stereocenters. The number of H-pyrrole nitrogens is 1. The van der Waals surface area contributed by atoms with Gasteiger partial charge < -0.3 is 10.3 Å². The van der Waals surface area contributed by atoms with Crippen LogP contribution in [0.5, 0.6) is 0 Å². The normalized spacial score (nSPS) is 10.9. The van der Waals surface area contributed by atoms with Crippen LogP contribution >= 0.6 is 22.9 Å². The van der Waals surface area contributed by atoms with E-state index in [0.717, 1.165) is 17.1 Å². The summed E-state index contributed by atoms with van der Waals surface area (Å²) in [6, 6.07) is 1.97.